The number of nitrogens with one attached hydrogen (secondary N) is 1. The third-order valence-electron chi connectivity index (χ3n) is 4.59. The number of carbonyl (C=O) groups excluding carboxylic acids is 2. The van der Waals surface area contributed by atoms with E-state index in [2.05, 4.69) is 5.32 Å². The second-order valence-electron chi connectivity index (χ2n) is 7.03. The maximum absolute atomic E-state index is 11.9. The average Bonchev–Trinajstić information content (AvgIpc) is 3.22. The van der Waals surface area contributed by atoms with Gasteiger partial charge < -0.3 is 15.3 Å². The minimum atomic E-state index is -0.247. The van der Waals surface area contributed by atoms with Gasteiger partial charge in [0, 0.05) is 32.0 Å². The Morgan fingerprint density at radius 3 is 2.48 bits per heavy atom. The number of hydrogen-bond donors (Lipinski definition) is 2. The SMILES string of the molecule is CC(=O)N1CC(CC(O)C2CC2)CC(NC(=O)C(C)C)C1. The molecular weight excluding hydrogens is 268 g/mol. The van der Waals surface area contributed by atoms with Crippen molar-refractivity contribution in [3.63, 3.8) is 0 Å². The Morgan fingerprint density at radius 2 is 1.95 bits per heavy atom. The van der Waals surface area contributed by atoms with Crippen LogP contribution in [0.3, 0.4) is 0 Å². The summed E-state index contributed by atoms with van der Waals surface area (Å²) in [6, 6.07) is 0.00829. The number of hydrogen-bond acceptors (Lipinski definition) is 3. The molecule has 1 saturated carbocycles. The lowest BCUT2D eigenvalue weighted by Gasteiger charge is -2.38. The summed E-state index contributed by atoms with van der Waals surface area (Å²) in [6.45, 7) is 6.60. The smallest absolute Gasteiger partial charge is 0.222 e. The topological polar surface area (TPSA) is 69.6 Å². The highest BCUT2D eigenvalue weighted by Crippen LogP contribution is 2.36. The van der Waals surface area contributed by atoms with E-state index in [-0.39, 0.29) is 35.8 Å². The molecule has 0 aromatic rings. The summed E-state index contributed by atoms with van der Waals surface area (Å²) in [5.74, 6) is 0.765. The molecule has 0 bridgehead atoms. The van der Waals surface area contributed by atoms with Gasteiger partial charge in [0.1, 0.15) is 0 Å². The first-order valence-corrected chi connectivity index (χ1v) is 8.10. The van der Waals surface area contributed by atoms with Crippen molar-refractivity contribution in [3.05, 3.63) is 0 Å². The normalized spacial score (nSPS) is 27.6. The second-order valence-corrected chi connectivity index (χ2v) is 7.03. The fraction of sp³-hybridized carbons (Fsp3) is 0.875. The molecule has 1 aliphatic heterocycles. The van der Waals surface area contributed by atoms with E-state index in [1.165, 1.54) is 0 Å². The highest BCUT2D eigenvalue weighted by molar-refractivity contribution is 5.78. The van der Waals surface area contributed by atoms with Crippen LogP contribution in [0.1, 0.15) is 46.5 Å². The molecule has 0 radical (unpaired) electrons. The number of amides is 2. The minimum Gasteiger partial charge on any atom is -0.393 e. The maximum Gasteiger partial charge on any atom is 0.222 e. The summed E-state index contributed by atoms with van der Waals surface area (Å²) in [4.78, 5) is 25.4. The predicted octanol–water partition coefficient (Wildman–Crippen LogP) is 1.16. The van der Waals surface area contributed by atoms with Crippen LogP contribution in [0, 0.1) is 17.8 Å². The molecular formula is C16H28N2O3. The van der Waals surface area contributed by atoms with Crippen LogP contribution in [-0.4, -0.2) is 47.1 Å². The lowest BCUT2D eigenvalue weighted by molar-refractivity contribution is -0.133. The van der Waals surface area contributed by atoms with Gasteiger partial charge in [-0.25, -0.2) is 0 Å². The Hall–Kier alpha value is -1.10. The van der Waals surface area contributed by atoms with Crippen LogP contribution >= 0.6 is 0 Å². The van der Waals surface area contributed by atoms with Gasteiger partial charge in [-0.15, -0.1) is 0 Å². The number of aliphatic hydroxyl groups excluding tert-OH is 1. The van der Waals surface area contributed by atoms with Crippen molar-refractivity contribution in [1.29, 1.82) is 0 Å². The van der Waals surface area contributed by atoms with Crippen molar-refractivity contribution in [2.75, 3.05) is 13.1 Å². The average molecular weight is 296 g/mol. The van der Waals surface area contributed by atoms with Crippen LogP contribution in [0.15, 0.2) is 0 Å². The third-order valence-corrected chi connectivity index (χ3v) is 4.59. The van der Waals surface area contributed by atoms with E-state index >= 15 is 0 Å². The molecule has 2 amide bonds. The molecule has 0 aromatic carbocycles. The fourth-order valence-electron chi connectivity index (χ4n) is 3.12. The number of piperidine rings is 1. The van der Waals surface area contributed by atoms with Crippen LogP contribution in [0.2, 0.25) is 0 Å². The molecule has 5 heteroatoms. The Kier molecular flexibility index (Phi) is 5.25. The maximum atomic E-state index is 11.9. The van der Waals surface area contributed by atoms with Crippen molar-refractivity contribution in [2.45, 2.75) is 58.6 Å². The van der Waals surface area contributed by atoms with Crippen LogP contribution < -0.4 is 5.32 Å². The lowest BCUT2D eigenvalue weighted by atomic mass is 9.88. The zero-order valence-corrected chi connectivity index (χ0v) is 13.3. The standard InChI is InChI=1S/C16H28N2O3/c1-10(2)16(21)17-14-6-12(7-15(20)13-4-5-13)8-18(9-14)11(3)19/h10,12-15,20H,4-9H2,1-3H3,(H,17,21). The lowest BCUT2D eigenvalue weighted by Crippen LogP contribution is -2.53. The molecule has 1 heterocycles. The molecule has 2 rings (SSSR count). The van der Waals surface area contributed by atoms with E-state index in [1.54, 1.807) is 11.8 Å². The monoisotopic (exact) mass is 296 g/mol. The summed E-state index contributed by atoms with van der Waals surface area (Å²) in [5, 5.41) is 13.2. The molecule has 2 N–H and O–H groups in total. The largest absolute Gasteiger partial charge is 0.393 e. The third kappa shape index (κ3) is 4.70. The van der Waals surface area contributed by atoms with E-state index in [1.807, 2.05) is 13.8 Å². The molecule has 21 heavy (non-hydrogen) atoms. The van der Waals surface area contributed by atoms with Crippen molar-refractivity contribution >= 4 is 11.8 Å². The van der Waals surface area contributed by atoms with E-state index < -0.39 is 0 Å². The van der Waals surface area contributed by atoms with E-state index in [9.17, 15) is 14.7 Å². The Bertz CT molecular complexity index is 393. The molecule has 2 fully saturated rings. The van der Waals surface area contributed by atoms with Gasteiger partial charge in [0.05, 0.1) is 6.10 Å². The van der Waals surface area contributed by atoms with Gasteiger partial charge in [-0.05, 0) is 37.5 Å². The van der Waals surface area contributed by atoms with Crippen molar-refractivity contribution in [3.8, 4) is 0 Å². The van der Waals surface area contributed by atoms with Crippen LogP contribution in [-0.2, 0) is 9.59 Å². The molecule has 2 aliphatic rings. The van der Waals surface area contributed by atoms with Gasteiger partial charge in [0.15, 0.2) is 0 Å². The summed E-state index contributed by atoms with van der Waals surface area (Å²) in [7, 11) is 0. The first-order valence-electron chi connectivity index (χ1n) is 8.10. The van der Waals surface area contributed by atoms with Crippen LogP contribution in [0.4, 0.5) is 0 Å². The Morgan fingerprint density at radius 1 is 1.29 bits per heavy atom. The zero-order chi connectivity index (χ0) is 15.6. The van der Waals surface area contributed by atoms with Crippen LogP contribution in [0.25, 0.3) is 0 Å². The Labute approximate surface area is 127 Å². The van der Waals surface area contributed by atoms with Crippen molar-refractivity contribution in [2.24, 2.45) is 17.8 Å². The number of carbonyl (C=O) groups is 2. The molecule has 0 aromatic heterocycles. The first-order chi connectivity index (χ1) is 9.86. The molecule has 1 aliphatic carbocycles. The molecule has 0 spiro atoms. The van der Waals surface area contributed by atoms with E-state index in [4.69, 9.17) is 0 Å². The molecule has 120 valence electrons. The minimum absolute atomic E-state index is 0.00829. The second kappa shape index (κ2) is 6.77. The van der Waals surface area contributed by atoms with Gasteiger partial charge in [-0.2, -0.15) is 0 Å². The number of likely N-dealkylation sites (tertiary alicyclic amines) is 1. The first kappa shape index (κ1) is 16.3. The summed E-state index contributed by atoms with van der Waals surface area (Å²) in [5.41, 5.74) is 0. The van der Waals surface area contributed by atoms with Gasteiger partial charge >= 0.3 is 0 Å². The van der Waals surface area contributed by atoms with Crippen molar-refractivity contribution < 1.29 is 14.7 Å². The Balaban J connectivity index is 1.93. The van der Waals surface area contributed by atoms with E-state index in [0.29, 0.717) is 19.0 Å². The van der Waals surface area contributed by atoms with Crippen molar-refractivity contribution in [1.82, 2.24) is 10.2 Å². The number of rotatable bonds is 5. The van der Waals surface area contributed by atoms with Gasteiger partial charge in [-0.3, -0.25) is 9.59 Å². The molecule has 1 saturated heterocycles. The quantitative estimate of drug-likeness (QED) is 0.800. The molecule has 3 atom stereocenters. The highest BCUT2D eigenvalue weighted by atomic mass is 16.3. The highest BCUT2D eigenvalue weighted by Gasteiger charge is 2.35. The zero-order valence-electron chi connectivity index (χ0n) is 13.3. The number of aliphatic hydroxyl groups is 1. The summed E-state index contributed by atoms with van der Waals surface area (Å²) < 4.78 is 0. The van der Waals surface area contributed by atoms with Gasteiger partial charge in [0.25, 0.3) is 0 Å². The van der Waals surface area contributed by atoms with Gasteiger partial charge in [0.2, 0.25) is 11.8 Å². The predicted molar refractivity (Wildman–Crippen MR) is 80.5 cm³/mol. The number of nitrogens with zero attached hydrogens (tertiary/aromatic N) is 1. The molecule has 3 unspecified atom stereocenters. The summed E-state index contributed by atoms with van der Waals surface area (Å²) >= 11 is 0. The fourth-order valence-corrected chi connectivity index (χ4v) is 3.12. The molecule has 5 nitrogen and oxygen atoms in total. The van der Waals surface area contributed by atoms with E-state index in [0.717, 1.165) is 25.7 Å². The van der Waals surface area contributed by atoms with Crippen LogP contribution in [0.5, 0.6) is 0 Å². The summed E-state index contributed by atoms with van der Waals surface area (Å²) in [6.07, 6.45) is 3.59. The van der Waals surface area contributed by atoms with Gasteiger partial charge in [-0.1, -0.05) is 13.8 Å².